The molecule has 0 radical (unpaired) electrons. The molecule has 4 aromatic rings. The van der Waals surface area contributed by atoms with Crippen LogP contribution in [0.15, 0.2) is 58.6 Å². The van der Waals surface area contributed by atoms with Crippen LogP contribution in [0.4, 0.5) is 10.1 Å². The van der Waals surface area contributed by atoms with Gasteiger partial charge in [-0.15, -0.1) is 0 Å². The fourth-order valence-corrected chi connectivity index (χ4v) is 6.19. The summed E-state index contributed by atoms with van der Waals surface area (Å²) in [5.74, 6) is 0.238. The molecule has 2 aromatic carbocycles. The lowest BCUT2D eigenvalue weighted by atomic mass is 9.95. The van der Waals surface area contributed by atoms with Crippen LogP contribution in [0.1, 0.15) is 36.9 Å². The number of anilines is 1. The summed E-state index contributed by atoms with van der Waals surface area (Å²) in [4.78, 5) is 33.5. The molecule has 2 unspecified atom stereocenters. The first kappa shape index (κ1) is 22.0. The third kappa shape index (κ3) is 3.65. The Balaban J connectivity index is 1.33. The summed E-state index contributed by atoms with van der Waals surface area (Å²) in [5.41, 5.74) is 3.93. The highest BCUT2D eigenvalue weighted by Gasteiger charge is 2.34. The highest BCUT2D eigenvalue weighted by Crippen LogP contribution is 2.36. The Labute approximate surface area is 205 Å². The molecule has 0 bridgehead atoms. The predicted octanol–water partition coefficient (Wildman–Crippen LogP) is 4.43. The van der Waals surface area contributed by atoms with Crippen molar-refractivity contribution >= 4 is 34.4 Å². The minimum absolute atomic E-state index is 0.0130. The van der Waals surface area contributed by atoms with Crippen LogP contribution in [-0.4, -0.2) is 37.0 Å². The Bertz CT molecular complexity index is 1530. The number of hydrogen-bond donors (Lipinski definition) is 0. The standard InChI is InChI=1S/C26H24FN5O2S/c1-15-3-8-19(9-4-15)32-24-21(13-28-32)25(34)31-20(14-35-26(31)29-24)12-23(33)30-16(2)5-6-17-11-18(27)7-10-22(17)30/h3-4,7-11,13,16,20H,5-6,12,14H2,1-2H3. The number of aromatic nitrogens is 4. The molecular weight excluding hydrogens is 465 g/mol. The van der Waals surface area contributed by atoms with Crippen LogP contribution in [-0.2, 0) is 11.2 Å². The minimum Gasteiger partial charge on any atom is -0.309 e. The molecule has 0 N–H and O–H groups in total. The van der Waals surface area contributed by atoms with Gasteiger partial charge in [-0.05, 0) is 62.6 Å². The van der Waals surface area contributed by atoms with E-state index in [1.54, 1.807) is 26.4 Å². The molecule has 6 rings (SSSR count). The highest BCUT2D eigenvalue weighted by atomic mass is 32.2. The average Bonchev–Trinajstić information content (AvgIpc) is 3.44. The Morgan fingerprint density at radius 1 is 1.20 bits per heavy atom. The molecule has 0 spiro atoms. The normalized spacial score (nSPS) is 19.1. The van der Waals surface area contributed by atoms with Crippen molar-refractivity contribution in [2.24, 2.45) is 0 Å². The van der Waals surface area contributed by atoms with Crippen LogP contribution < -0.4 is 10.5 Å². The number of aryl methyl sites for hydroxylation is 2. The van der Waals surface area contributed by atoms with Gasteiger partial charge < -0.3 is 4.90 Å². The number of hydrogen-bond acceptors (Lipinski definition) is 5. The van der Waals surface area contributed by atoms with E-state index in [-0.39, 0.29) is 35.8 Å². The number of carbonyl (C=O) groups excluding carboxylic acids is 1. The molecule has 7 nitrogen and oxygen atoms in total. The number of benzene rings is 2. The summed E-state index contributed by atoms with van der Waals surface area (Å²) in [7, 11) is 0. The summed E-state index contributed by atoms with van der Waals surface area (Å²) in [6, 6.07) is 12.2. The van der Waals surface area contributed by atoms with Crippen LogP contribution >= 0.6 is 11.8 Å². The molecule has 2 atom stereocenters. The molecule has 0 fully saturated rings. The van der Waals surface area contributed by atoms with Gasteiger partial charge >= 0.3 is 0 Å². The monoisotopic (exact) mass is 489 g/mol. The number of carbonyl (C=O) groups is 1. The van der Waals surface area contributed by atoms with Crippen LogP contribution in [0.25, 0.3) is 16.7 Å². The molecular formula is C26H24FN5O2S. The van der Waals surface area contributed by atoms with Crippen molar-refractivity contribution in [3.63, 3.8) is 0 Å². The molecule has 4 heterocycles. The first-order valence-corrected chi connectivity index (χ1v) is 12.7. The van der Waals surface area contributed by atoms with Gasteiger partial charge in [-0.2, -0.15) is 5.10 Å². The van der Waals surface area contributed by atoms with E-state index in [1.165, 1.54) is 23.9 Å². The lowest BCUT2D eigenvalue weighted by molar-refractivity contribution is -0.119. The van der Waals surface area contributed by atoms with Crippen molar-refractivity contribution in [2.45, 2.75) is 50.4 Å². The topological polar surface area (TPSA) is 73.0 Å². The lowest BCUT2D eigenvalue weighted by Crippen LogP contribution is -2.43. The molecule has 178 valence electrons. The van der Waals surface area contributed by atoms with E-state index in [4.69, 9.17) is 4.98 Å². The number of fused-ring (bicyclic) bond motifs is 3. The Morgan fingerprint density at radius 2 is 2.00 bits per heavy atom. The van der Waals surface area contributed by atoms with Gasteiger partial charge in [-0.25, -0.2) is 14.1 Å². The quantitative estimate of drug-likeness (QED) is 0.398. The largest absolute Gasteiger partial charge is 0.309 e. The summed E-state index contributed by atoms with van der Waals surface area (Å²) >= 11 is 1.48. The van der Waals surface area contributed by atoms with E-state index < -0.39 is 0 Å². The number of nitrogens with zero attached hydrogens (tertiary/aromatic N) is 5. The third-order valence-corrected chi connectivity index (χ3v) is 8.00. The molecule has 2 aromatic heterocycles. The smallest absolute Gasteiger partial charge is 0.265 e. The van der Waals surface area contributed by atoms with Crippen LogP contribution in [0.5, 0.6) is 0 Å². The van der Waals surface area contributed by atoms with Gasteiger partial charge in [0.15, 0.2) is 10.8 Å². The summed E-state index contributed by atoms with van der Waals surface area (Å²) in [6.07, 6.45) is 3.25. The molecule has 35 heavy (non-hydrogen) atoms. The van der Waals surface area contributed by atoms with E-state index in [9.17, 15) is 14.0 Å². The zero-order valence-electron chi connectivity index (χ0n) is 19.4. The highest BCUT2D eigenvalue weighted by molar-refractivity contribution is 7.99. The second-order valence-corrected chi connectivity index (χ2v) is 10.3. The van der Waals surface area contributed by atoms with Gasteiger partial charge in [0.1, 0.15) is 11.2 Å². The Kier molecular flexibility index (Phi) is 5.25. The average molecular weight is 490 g/mol. The maximum atomic E-state index is 13.8. The van der Waals surface area contributed by atoms with Crippen LogP contribution in [0.2, 0.25) is 0 Å². The van der Waals surface area contributed by atoms with Crippen molar-refractivity contribution in [1.82, 2.24) is 19.3 Å². The number of amides is 1. The van der Waals surface area contributed by atoms with Crippen molar-refractivity contribution in [1.29, 1.82) is 0 Å². The van der Waals surface area contributed by atoms with Gasteiger partial charge in [-0.1, -0.05) is 29.5 Å². The fraction of sp³-hybridized carbons (Fsp3) is 0.308. The molecule has 2 aliphatic heterocycles. The van der Waals surface area contributed by atoms with Crippen molar-refractivity contribution in [3.05, 3.63) is 76.0 Å². The minimum atomic E-state index is -0.298. The third-order valence-electron chi connectivity index (χ3n) is 6.90. The summed E-state index contributed by atoms with van der Waals surface area (Å²) in [6.45, 7) is 4.03. The number of rotatable bonds is 3. The maximum Gasteiger partial charge on any atom is 0.265 e. The zero-order valence-corrected chi connectivity index (χ0v) is 20.3. The second kappa shape index (κ2) is 8.34. The van der Waals surface area contributed by atoms with Crippen molar-refractivity contribution in [2.75, 3.05) is 10.7 Å². The van der Waals surface area contributed by atoms with Crippen LogP contribution in [0, 0.1) is 12.7 Å². The van der Waals surface area contributed by atoms with E-state index in [0.717, 1.165) is 35.3 Å². The van der Waals surface area contributed by atoms with E-state index in [1.807, 2.05) is 38.1 Å². The lowest BCUT2D eigenvalue weighted by Gasteiger charge is -2.36. The summed E-state index contributed by atoms with van der Waals surface area (Å²) < 4.78 is 17.1. The van der Waals surface area contributed by atoms with Crippen LogP contribution in [0.3, 0.4) is 0 Å². The number of thioether (sulfide) groups is 1. The second-order valence-electron chi connectivity index (χ2n) is 9.29. The first-order valence-electron chi connectivity index (χ1n) is 11.7. The fourth-order valence-electron chi connectivity index (χ4n) is 5.06. The maximum absolute atomic E-state index is 13.8. The SMILES string of the molecule is Cc1ccc(-n2ncc3c(=O)n4c(nc32)SCC4CC(=O)N2c3ccc(F)cc3CCC2C)cc1. The van der Waals surface area contributed by atoms with Gasteiger partial charge in [0.05, 0.1) is 17.9 Å². The van der Waals surface area contributed by atoms with Gasteiger partial charge in [-0.3, -0.25) is 14.2 Å². The van der Waals surface area contributed by atoms with Gasteiger partial charge in [0, 0.05) is 23.9 Å². The first-order chi connectivity index (χ1) is 16.9. The zero-order chi connectivity index (χ0) is 24.3. The van der Waals surface area contributed by atoms with E-state index in [2.05, 4.69) is 5.10 Å². The van der Waals surface area contributed by atoms with Gasteiger partial charge in [0.25, 0.3) is 5.56 Å². The molecule has 9 heteroatoms. The predicted molar refractivity (Wildman–Crippen MR) is 134 cm³/mol. The number of halogens is 1. The molecule has 0 aliphatic carbocycles. The molecule has 2 aliphatic rings. The molecule has 0 saturated carbocycles. The summed E-state index contributed by atoms with van der Waals surface area (Å²) in [5, 5.41) is 5.46. The Hall–Kier alpha value is -3.46. The van der Waals surface area contributed by atoms with E-state index in [0.29, 0.717) is 21.9 Å². The molecule has 1 amide bonds. The Morgan fingerprint density at radius 3 is 2.80 bits per heavy atom. The van der Waals surface area contributed by atoms with E-state index >= 15 is 0 Å². The van der Waals surface area contributed by atoms with Crippen molar-refractivity contribution in [3.8, 4) is 5.69 Å². The van der Waals surface area contributed by atoms with Gasteiger partial charge in [0.2, 0.25) is 5.91 Å². The molecule has 0 saturated heterocycles. The van der Waals surface area contributed by atoms with Crippen molar-refractivity contribution < 1.29 is 9.18 Å².